The molecule has 2 aliphatic heterocycles. The van der Waals surface area contributed by atoms with Crippen LogP contribution in [0.1, 0.15) is 24.2 Å². The van der Waals surface area contributed by atoms with Crippen molar-refractivity contribution in [3.05, 3.63) is 23.8 Å². The molecule has 0 aliphatic carbocycles. The Bertz CT molecular complexity index is 624. The van der Waals surface area contributed by atoms with Gasteiger partial charge in [0, 0.05) is 38.3 Å². The lowest BCUT2D eigenvalue weighted by molar-refractivity contribution is 0.0664. The minimum absolute atomic E-state index is 0.0458. The summed E-state index contributed by atoms with van der Waals surface area (Å²) >= 11 is 0. The molecule has 2 heterocycles. The van der Waals surface area contributed by atoms with E-state index in [1.54, 1.807) is 28.0 Å². The van der Waals surface area contributed by atoms with Gasteiger partial charge < -0.3 is 24.6 Å². The molecule has 0 unspecified atom stereocenters. The number of benzene rings is 1. The number of rotatable bonds is 3. The molecule has 0 atom stereocenters. The third kappa shape index (κ3) is 3.55. The van der Waals surface area contributed by atoms with Crippen LogP contribution in [0.25, 0.3) is 0 Å². The Morgan fingerprint density at radius 2 is 1.75 bits per heavy atom. The van der Waals surface area contributed by atoms with Gasteiger partial charge in [0.05, 0.1) is 0 Å². The van der Waals surface area contributed by atoms with E-state index in [9.17, 15) is 9.59 Å². The fourth-order valence-electron chi connectivity index (χ4n) is 2.73. The number of carbonyl (C=O) groups excluding carboxylic acids is 2. The van der Waals surface area contributed by atoms with E-state index in [1.807, 2.05) is 0 Å². The summed E-state index contributed by atoms with van der Waals surface area (Å²) < 4.78 is 10.6. The highest BCUT2D eigenvalue weighted by Gasteiger charge is 2.26. The molecule has 0 bridgehead atoms. The van der Waals surface area contributed by atoms with E-state index in [0.29, 0.717) is 55.7 Å². The van der Waals surface area contributed by atoms with Crippen molar-refractivity contribution >= 4 is 11.9 Å². The molecule has 2 aliphatic rings. The highest BCUT2D eigenvalue weighted by Crippen LogP contribution is 2.32. The summed E-state index contributed by atoms with van der Waals surface area (Å²) in [5.41, 5.74) is 0.581. The zero-order valence-corrected chi connectivity index (χ0v) is 14.1. The van der Waals surface area contributed by atoms with Gasteiger partial charge in [0.25, 0.3) is 5.91 Å². The molecule has 1 aromatic rings. The summed E-state index contributed by atoms with van der Waals surface area (Å²) in [6.07, 6.45) is 0. The van der Waals surface area contributed by atoms with Gasteiger partial charge in [-0.1, -0.05) is 13.8 Å². The van der Waals surface area contributed by atoms with E-state index >= 15 is 0 Å². The molecule has 3 amide bonds. The third-order valence-corrected chi connectivity index (χ3v) is 4.14. The topological polar surface area (TPSA) is 71.1 Å². The molecular formula is C17H23N3O4. The van der Waals surface area contributed by atoms with Crippen molar-refractivity contribution in [1.29, 1.82) is 0 Å². The number of hydrogen-bond donors (Lipinski definition) is 1. The molecule has 130 valence electrons. The van der Waals surface area contributed by atoms with Gasteiger partial charge in [0.15, 0.2) is 11.5 Å². The largest absolute Gasteiger partial charge is 0.454 e. The van der Waals surface area contributed by atoms with Crippen LogP contribution in [0.3, 0.4) is 0 Å². The lowest BCUT2D eigenvalue weighted by Gasteiger charge is -2.35. The van der Waals surface area contributed by atoms with Crippen LogP contribution in [0.15, 0.2) is 18.2 Å². The van der Waals surface area contributed by atoms with Gasteiger partial charge in [-0.05, 0) is 24.1 Å². The predicted octanol–water partition coefficient (Wildman–Crippen LogP) is 1.54. The van der Waals surface area contributed by atoms with E-state index in [2.05, 4.69) is 19.2 Å². The minimum Gasteiger partial charge on any atom is -0.454 e. The van der Waals surface area contributed by atoms with Crippen LogP contribution in [-0.2, 0) is 0 Å². The average molecular weight is 333 g/mol. The number of hydrogen-bond acceptors (Lipinski definition) is 4. The first-order valence-corrected chi connectivity index (χ1v) is 8.26. The van der Waals surface area contributed by atoms with Crippen LogP contribution >= 0.6 is 0 Å². The normalized spacial score (nSPS) is 16.5. The summed E-state index contributed by atoms with van der Waals surface area (Å²) in [7, 11) is 0. The van der Waals surface area contributed by atoms with E-state index in [-0.39, 0.29) is 18.7 Å². The fourth-order valence-corrected chi connectivity index (χ4v) is 2.73. The molecule has 0 aromatic heterocycles. The van der Waals surface area contributed by atoms with Gasteiger partial charge in [-0.2, -0.15) is 0 Å². The second-order valence-corrected chi connectivity index (χ2v) is 6.43. The van der Waals surface area contributed by atoms with Crippen LogP contribution in [0.5, 0.6) is 11.5 Å². The molecule has 0 radical (unpaired) electrons. The van der Waals surface area contributed by atoms with Crippen molar-refractivity contribution in [2.24, 2.45) is 5.92 Å². The second kappa shape index (κ2) is 6.98. The van der Waals surface area contributed by atoms with Gasteiger partial charge in [0.2, 0.25) is 6.79 Å². The monoisotopic (exact) mass is 333 g/mol. The maximum absolute atomic E-state index is 12.6. The number of nitrogens with zero attached hydrogens (tertiary/aromatic N) is 2. The molecule has 24 heavy (non-hydrogen) atoms. The number of nitrogens with one attached hydrogen (secondary N) is 1. The SMILES string of the molecule is CC(C)CNC(=O)N1CCN(C(=O)c2ccc3c(c2)OCO3)CC1. The summed E-state index contributed by atoms with van der Waals surface area (Å²) in [5, 5.41) is 2.91. The van der Waals surface area contributed by atoms with Gasteiger partial charge in [-0.15, -0.1) is 0 Å². The Hall–Kier alpha value is -2.44. The quantitative estimate of drug-likeness (QED) is 0.911. The van der Waals surface area contributed by atoms with Crippen LogP contribution in [0, 0.1) is 5.92 Å². The number of ether oxygens (including phenoxy) is 2. The molecule has 1 N–H and O–H groups in total. The summed E-state index contributed by atoms with van der Waals surface area (Å²) in [5.74, 6) is 1.64. The van der Waals surface area contributed by atoms with E-state index in [1.165, 1.54) is 0 Å². The van der Waals surface area contributed by atoms with Gasteiger partial charge in [-0.3, -0.25) is 4.79 Å². The van der Waals surface area contributed by atoms with E-state index < -0.39 is 0 Å². The van der Waals surface area contributed by atoms with Crippen molar-refractivity contribution in [3.8, 4) is 11.5 Å². The third-order valence-electron chi connectivity index (χ3n) is 4.14. The van der Waals surface area contributed by atoms with Crippen LogP contribution in [-0.4, -0.2) is 61.3 Å². The Balaban J connectivity index is 1.54. The predicted molar refractivity (Wildman–Crippen MR) is 88.3 cm³/mol. The van der Waals surface area contributed by atoms with Crippen molar-refractivity contribution in [1.82, 2.24) is 15.1 Å². The molecule has 0 saturated carbocycles. The maximum Gasteiger partial charge on any atom is 0.317 e. The lowest BCUT2D eigenvalue weighted by Crippen LogP contribution is -2.53. The Kier molecular flexibility index (Phi) is 4.78. The molecular weight excluding hydrogens is 310 g/mol. The Morgan fingerprint density at radius 3 is 2.46 bits per heavy atom. The molecule has 7 nitrogen and oxygen atoms in total. The standard InChI is InChI=1S/C17H23N3O4/c1-12(2)10-18-17(22)20-7-5-19(6-8-20)16(21)13-3-4-14-15(9-13)24-11-23-14/h3-4,9,12H,5-8,10-11H2,1-2H3,(H,18,22). The van der Waals surface area contributed by atoms with Crippen LogP contribution in [0.2, 0.25) is 0 Å². The number of amides is 3. The summed E-state index contributed by atoms with van der Waals surface area (Å²) in [6.45, 7) is 7.11. The van der Waals surface area contributed by atoms with Crippen molar-refractivity contribution in [2.75, 3.05) is 39.5 Å². The van der Waals surface area contributed by atoms with Crippen LogP contribution in [0.4, 0.5) is 4.79 Å². The first kappa shape index (κ1) is 16.4. The second-order valence-electron chi connectivity index (χ2n) is 6.43. The number of piperazine rings is 1. The number of fused-ring (bicyclic) bond motifs is 1. The van der Waals surface area contributed by atoms with Gasteiger partial charge >= 0.3 is 6.03 Å². The summed E-state index contributed by atoms with van der Waals surface area (Å²) in [6, 6.07) is 5.16. The number of urea groups is 1. The van der Waals surface area contributed by atoms with E-state index in [4.69, 9.17) is 9.47 Å². The van der Waals surface area contributed by atoms with E-state index in [0.717, 1.165) is 0 Å². The Morgan fingerprint density at radius 1 is 1.08 bits per heavy atom. The molecule has 1 fully saturated rings. The maximum atomic E-state index is 12.6. The van der Waals surface area contributed by atoms with Gasteiger partial charge in [0.1, 0.15) is 0 Å². The molecule has 1 aromatic carbocycles. The fraction of sp³-hybridized carbons (Fsp3) is 0.529. The van der Waals surface area contributed by atoms with Crippen molar-refractivity contribution in [3.63, 3.8) is 0 Å². The van der Waals surface area contributed by atoms with Crippen LogP contribution < -0.4 is 14.8 Å². The molecule has 0 spiro atoms. The number of carbonyl (C=O) groups is 2. The smallest absolute Gasteiger partial charge is 0.317 e. The van der Waals surface area contributed by atoms with Gasteiger partial charge in [-0.25, -0.2) is 4.79 Å². The molecule has 1 saturated heterocycles. The molecule has 3 rings (SSSR count). The Labute approximate surface area is 141 Å². The molecule has 7 heteroatoms. The lowest BCUT2D eigenvalue weighted by atomic mass is 10.1. The summed E-state index contributed by atoms with van der Waals surface area (Å²) in [4.78, 5) is 28.2. The van der Waals surface area contributed by atoms with Crippen molar-refractivity contribution < 1.29 is 19.1 Å². The minimum atomic E-state index is -0.0566. The first-order chi connectivity index (χ1) is 11.5. The highest BCUT2D eigenvalue weighted by atomic mass is 16.7. The first-order valence-electron chi connectivity index (χ1n) is 8.26. The average Bonchev–Trinajstić information content (AvgIpc) is 3.06. The highest BCUT2D eigenvalue weighted by molar-refractivity contribution is 5.95. The van der Waals surface area contributed by atoms with Crippen molar-refractivity contribution in [2.45, 2.75) is 13.8 Å². The zero-order chi connectivity index (χ0) is 17.1. The zero-order valence-electron chi connectivity index (χ0n) is 14.1.